The molecule has 0 aromatic heterocycles. The van der Waals surface area contributed by atoms with E-state index >= 15 is 0 Å². The zero-order valence-corrected chi connectivity index (χ0v) is 8.12. The maximum absolute atomic E-state index is 11.3. The standard InChI is InChI=1S/C8H14N2O4/c1-7(11)13-6-14-8(12)10-4-2-9-3-5-10/h9H,2-6H2,1H3. The van der Waals surface area contributed by atoms with Crippen molar-refractivity contribution in [2.75, 3.05) is 33.0 Å². The summed E-state index contributed by atoms with van der Waals surface area (Å²) in [6.45, 7) is 3.74. The lowest BCUT2D eigenvalue weighted by Crippen LogP contribution is -2.46. The number of rotatable bonds is 2. The van der Waals surface area contributed by atoms with E-state index in [4.69, 9.17) is 4.74 Å². The molecule has 14 heavy (non-hydrogen) atoms. The van der Waals surface area contributed by atoms with E-state index in [1.54, 1.807) is 4.90 Å². The number of nitrogens with zero attached hydrogens (tertiary/aromatic N) is 1. The monoisotopic (exact) mass is 202 g/mol. The third kappa shape index (κ3) is 3.61. The second-order valence-corrected chi connectivity index (χ2v) is 2.90. The van der Waals surface area contributed by atoms with Gasteiger partial charge >= 0.3 is 12.1 Å². The van der Waals surface area contributed by atoms with Gasteiger partial charge in [0.2, 0.25) is 6.79 Å². The molecule has 1 aliphatic heterocycles. The second-order valence-electron chi connectivity index (χ2n) is 2.90. The van der Waals surface area contributed by atoms with Crippen molar-refractivity contribution in [2.45, 2.75) is 6.92 Å². The molecule has 6 nitrogen and oxygen atoms in total. The van der Waals surface area contributed by atoms with Crippen molar-refractivity contribution >= 4 is 12.1 Å². The topological polar surface area (TPSA) is 67.9 Å². The number of hydrogen-bond donors (Lipinski definition) is 1. The zero-order chi connectivity index (χ0) is 10.4. The van der Waals surface area contributed by atoms with Crippen LogP contribution in [-0.4, -0.2) is 49.9 Å². The van der Waals surface area contributed by atoms with E-state index in [0.29, 0.717) is 13.1 Å². The number of esters is 1. The average Bonchev–Trinajstić information content (AvgIpc) is 2.18. The molecule has 0 unspecified atom stereocenters. The lowest BCUT2D eigenvalue weighted by molar-refractivity contribution is -0.149. The van der Waals surface area contributed by atoms with Crippen molar-refractivity contribution < 1.29 is 19.1 Å². The molecule has 1 rings (SSSR count). The van der Waals surface area contributed by atoms with Gasteiger partial charge in [0.05, 0.1) is 0 Å². The SMILES string of the molecule is CC(=O)OCOC(=O)N1CCNCC1. The van der Waals surface area contributed by atoms with Crippen LogP contribution in [0.5, 0.6) is 0 Å². The molecule has 1 amide bonds. The molecule has 6 heteroatoms. The highest BCUT2D eigenvalue weighted by molar-refractivity contribution is 5.68. The number of carbonyl (C=O) groups is 2. The molecule has 80 valence electrons. The fourth-order valence-corrected chi connectivity index (χ4v) is 1.10. The summed E-state index contributed by atoms with van der Waals surface area (Å²) < 4.78 is 9.19. The second kappa shape index (κ2) is 5.43. The Morgan fingerprint density at radius 3 is 2.50 bits per heavy atom. The van der Waals surface area contributed by atoms with Crippen molar-refractivity contribution in [1.29, 1.82) is 0 Å². The molecule has 0 radical (unpaired) electrons. The fourth-order valence-electron chi connectivity index (χ4n) is 1.10. The summed E-state index contributed by atoms with van der Waals surface area (Å²) >= 11 is 0. The Kier molecular flexibility index (Phi) is 4.18. The van der Waals surface area contributed by atoms with Gasteiger partial charge in [-0.2, -0.15) is 0 Å². The van der Waals surface area contributed by atoms with Crippen molar-refractivity contribution in [3.8, 4) is 0 Å². The highest BCUT2D eigenvalue weighted by Gasteiger charge is 2.17. The Morgan fingerprint density at radius 1 is 1.29 bits per heavy atom. The van der Waals surface area contributed by atoms with Crippen molar-refractivity contribution in [1.82, 2.24) is 10.2 Å². The number of nitrogens with one attached hydrogen (secondary N) is 1. The van der Waals surface area contributed by atoms with Crippen molar-refractivity contribution in [3.05, 3.63) is 0 Å². The molecule has 1 fully saturated rings. The van der Waals surface area contributed by atoms with Gasteiger partial charge in [-0.15, -0.1) is 0 Å². The first kappa shape index (κ1) is 10.8. The van der Waals surface area contributed by atoms with Gasteiger partial charge in [-0.05, 0) is 0 Å². The van der Waals surface area contributed by atoms with E-state index in [9.17, 15) is 9.59 Å². The van der Waals surface area contributed by atoms with Gasteiger partial charge in [-0.3, -0.25) is 4.79 Å². The van der Waals surface area contributed by atoms with Crippen LogP contribution in [0.3, 0.4) is 0 Å². The zero-order valence-electron chi connectivity index (χ0n) is 8.12. The van der Waals surface area contributed by atoms with Crippen LogP contribution < -0.4 is 5.32 Å². The van der Waals surface area contributed by atoms with Gasteiger partial charge in [-0.25, -0.2) is 4.79 Å². The molecule has 0 atom stereocenters. The number of piperazine rings is 1. The van der Waals surface area contributed by atoms with Crippen LogP contribution in [0.4, 0.5) is 4.79 Å². The highest BCUT2D eigenvalue weighted by Crippen LogP contribution is 1.96. The van der Waals surface area contributed by atoms with Gasteiger partial charge in [0, 0.05) is 33.1 Å². The van der Waals surface area contributed by atoms with Crippen LogP contribution in [0.2, 0.25) is 0 Å². The number of ether oxygens (including phenoxy) is 2. The molecule has 0 aromatic carbocycles. The van der Waals surface area contributed by atoms with Crippen LogP contribution in [0.25, 0.3) is 0 Å². The van der Waals surface area contributed by atoms with E-state index in [1.807, 2.05) is 0 Å². The maximum Gasteiger partial charge on any atom is 0.412 e. The van der Waals surface area contributed by atoms with Gasteiger partial charge in [0.1, 0.15) is 0 Å². The summed E-state index contributed by atoms with van der Waals surface area (Å²) in [5.74, 6) is -0.460. The molecule has 0 bridgehead atoms. The van der Waals surface area contributed by atoms with E-state index < -0.39 is 12.1 Å². The lowest BCUT2D eigenvalue weighted by Gasteiger charge is -2.26. The predicted molar refractivity (Wildman–Crippen MR) is 47.6 cm³/mol. The summed E-state index contributed by atoms with van der Waals surface area (Å²) in [5.41, 5.74) is 0. The van der Waals surface area contributed by atoms with Crippen LogP contribution in [0, 0.1) is 0 Å². The van der Waals surface area contributed by atoms with E-state index in [-0.39, 0.29) is 6.79 Å². The van der Waals surface area contributed by atoms with Crippen LogP contribution in [0.15, 0.2) is 0 Å². The van der Waals surface area contributed by atoms with Gasteiger partial charge in [-0.1, -0.05) is 0 Å². The predicted octanol–water partition coefficient (Wildman–Crippen LogP) is -0.451. The number of amides is 1. The Morgan fingerprint density at radius 2 is 1.93 bits per heavy atom. The summed E-state index contributed by atoms with van der Waals surface area (Å²) in [4.78, 5) is 23.2. The third-order valence-corrected chi connectivity index (χ3v) is 1.82. The molecule has 1 saturated heterocycles. The quantitative estimate of drug-likeness (QED) is 0.485. The highest BCUT2D eigenvalue weighted by atomic mass is 16.7. The summed E-state index contributed by atoms with van der Waals surface area (Å²) in [7, 11) is 0. The Labute approximate surface area is 82.1 Å². The van der Waals surface area contributed by atoms with E-state index in [2.05, 4.69) is 10.1 Å². The van der Waals surface area contributed by atoms with Crippen molar-refractivity contribution in [2.24, 2.45) is 0 Å². The molecule has 1 N–H and O–H groups in total. The number of hydrogen-bond acceptors (Lipinski definition) is 5. The summed E-state index contributed by atoms with van der Waals surface area (Å²) in [6, 6.07) is 0. The minimum absolute atomic E-state index is 0.307. The summed E-state index contributed by atoms with van der Waals surface area (Å²) in [6.07, 6.45) is -0.437. The van der Waals surface area contributed by atoms with E-state index in [1.165, 1.54) is 6.92 Å². The summed E-state index contributed by atoms with van der Waals surface area (Å²) in [5, 5.41) is 3.11. The normalized spacial score (nSPS) is 16.2. The molecule has 1 heterocycles. The van der Waals surface area contributed by atoms with Crippen LogP contribution in [0.1, 0.15) is 6.92 Å². The van der Waals surface area contributed by atoms with E-state index in [0.717, 1.165) is 13.1 Å². The smallest absolute Gasteiger partial charge is 0.412 e. The van der Waals surface area contributed by atoms with Gasteiger partial charge in [0.25, 0.3) is 0 Å². The molecular formula is C8H14N2O4. The van der Waals surface area contributed by atoms with Gasteiger partial charge < -0.3 is 19.7 Å². The van der Waals surface area contributed by atoms with Gasteiger partial charge in [0.15, 0.2) is 0 Å². The number of carbonyl (C=O) groups excluding carboxylic acids is 2. The molecule has 1 aliphatic rings. The molecule has 0 spiro atoms. The molecule has 0 saturated carbocycles. The van der Waals surface area contributed by atoms with Crippen LogP contribution >= 0.6 is 0 Å². The average molecular weight is 202 g/mol. The molecule has 0 aliphatic carbocycles. The molecular weight excluding hydrogens is 188 g/mol. The fraction of sp³-hybridized carbons (Fsp3) is 0.750. The Balaban J connectivity index is 2.16. The minimum atomic E-state index is -0.460. The Hall–Kier alpha value is -1.30. The maximum atomic E-state index is 11.3. The van der Waals surface area contributed by atoms with Crippen molar-refractivity contribution in [3.63, 3.8) is 0 Å². The first-order chi connectivity index (χ1) is 6.70. The largest absolute Gasteiger partial charge is 0.428 e. The van der Waals surface area contributed by atoms with Crippen LogP contribution in [-0.2, 0) is 14.3 Å². The minimum Gasteiger partial charge on any atom is -0.428 e. The molecule has 0 aromatic rings. The first-order valence-corrected chi connectivity index (χ1v) is 4.46. The lowest BCUT2D eigenvalue weighted by atomic mass is 10.4. The first-order valence-electron chi connectivity index (χ1n) is 4.46. The third-order valence-electron chi connectivity index (χ3n) is 1.82. The Bertz CT molecular complexity index is 213.